The summed E-state index contributed by atoms with van der Waals surface area (Å²) < 4.78 is 5.83. The van der Waals surface area contributed by atoms with Gasteiger partial charge in [0.05, 0.1) is 18.2 Å². The second kappa shape index (κ2) is 7.08. The quantitative estimate of drug-likeness (QED) is 0.744. The van der Waals surface area contributed by atoms with E-state index in [0.717, 1.165) is 24.4 Å². The summed E-state index contributed by atoms with van der Waals surface area (Å²) in [6.45, 7) is 10.9. The molecule has 1 aromatic carbocycles. The zero-order valence-electron chi connectivity index (χ0n) is 13.7. The number of benzene rings is 1. The van der Waals surface area contributed by atoms with Gasteiger partial charge in [-0.15, -0.1) is 0 Å². The molecule has 3 heteroatoms. The molecule has 1 aromatic rings. The van der Waals surface area contributed by atoms with Crippen molar-refractivity contribution in [2.75, 3.05) is 19.6 Å². The third-order valence-corrected chi connectivity index (χ3v) is 3.90. The van der Waals surface area contributed by atoms with Crippen molar-refractivity contribution in [3.05, 3.63) is 29.3 Å². The van der Waals surface area contributed by atoms with E-state index in [4.69, 9.17) is 4.74 Å². The second-order valence-electron chi connectivity index (χ2n) is 6.48. The van der Waals surface area contributed by atoms with Gasteiger partial charge in [-0.05, 0) is 63.4 Å². The lowest BCUT2D eigenvalue weighted by atomic mass is 9.98. The van der Waals surface area contributed by atoms with E-state index in [0.29, 0.717) is 12.5 Å². The van der Waals surface area contributed by atoms with Crippen molar-refractivity contribution in [2.45, 2.75) is 52.6 Å². The molecule has 1 fully saturated rings. The van der Waals surface area contributed by atoms with E-state index in [2.05, 4.69) is 24.8 Å². The van der Waals surface area contributed by atoms with E-state index in [9.17, 15) is 4.79 Å². The number of carbonyl (C=O) groups excluding carboxylic acids is 1. The first-order valence-corrected chi connectivity index (χ1v) is 8.03. The minimum absolute atomic E-state index is 0.0771. The highest BCUT2D eigenvalue weighted by molar-refractivity contribution is 6.00. The highest BCUT2D eigenvalue weighted by Crippen LogP contribution is 2.26. The Bertz CT molecular complexity index is 488. The molecule has 1 aliphatic rings. The molecule has 1 aliphatic heterocycles. The maximum Gasteiger partial charge on any atom is 0.180 e. The Hall–Kier alpha value is -1.35. The normalized spacial score (nSPS) is 15.9. The van der Waals surface area contributed by atoms with Crippen LogP contribution in [0.2, 0.25) is 0 Å². The Morgan fingerprint density at radius 3 is 2.43 bits per heavy atom. The molecule has 0 atom stereocenters. The number of carbonyl (C=O) groups is 1. The largest absolute Gasteiger partial charge is 0.490 e. The Labute approximate surface area is 128 Å². The highest BCUT2D eigenvalue weighted by Gasteiger charge is 2.20. The first kappa shape index (κ1) is 16.0. The minimum atomic E-state index is 0.0771. The summed E-state index contributed by atoms with van der Waals surface area (Å²) in [5, 5.41) is 0. The van der Waals surface area contributed by atoms with E-state index in [1.807, 2.05) is 26.0 Å². The predicted octanol–water partition coefficient (Wildman–Crippen LogP) is 3.88. The number of likely N-dealkylation sites (tertiary alicyclic amines) is 1. The van der Waals surface area contributed by atoms with Gasteiger partial charge in [-0.2, -0.15) is 0 Å². The minimum Gasteiger partial charge on any atom is -0.490 e. The van der Waals surface area contributed by atoms with Gasteiger partial charge in [-0.3, -0.25) is 9.69 Å². The molecule has 0 saturated carbocycles. The molecular weight excluding hydrogens is 262 g/mol. The van der Waals surface area contributed by atoms with Gasteiger partial charge in [0.25, 0.3) is 0 Å². The van der Waals surface area contributed by atoms with Gasteiger partial charge in [0.1, 0.15) is 5.75 Å². The third kappa shape index (κ3) is 4.31. The molecule has 1 saturated heterocycles. The van der Waals surface area contributed by atoms with Crippen LogP contribution in [0.1, 0.15) is 62.4 Å². The first-order chi connectivity index (χ1) is 9.97. The molecule has 0 bridgehead atoms. The van der Waals surface area contributed by atoms with Gasteiger partial charge in [-0.25, -0.2) is 0 Å². The average Bonchev–Trinajstić information content (AvgIpc) is 2.91. The average molecular weight is 289 g/mol. The van der Waals surface area contributed by atoms with Crippen LogP contribution in [0.3, 0.4) is 0 Å². The zero-order valence-corrected chi connectivity index (χ0v) is 13.7. The van der Waals surface area contributed by atoms with Gasteiger partial charge in [0, 0.05) is 0 Å². The number of nitrogens with zero attached hydrogens (tertiary/aromatic N) is 1. The van der Waals surface area contributed by atoms with E-state index in [1.165, 1.54) is 18.4 Å². The van der Waals surface area contributed by atoms with E-state index < -0.39 is 0 Å². The van der Waals surface area contributed by atoms with Gasteiger partial charge in [-0.1, -0.05) is 19.9 Å². The maximum atomic E-state index is 12.7. The molecule has 2 rings (SSSR count). The van der Waals surface area contributed by atoms with Crippen LogP contribution in [0, 0.1) is 0 Å². The van der Waals surface area contributed by atoms with Crippen LogP contribution >= 0.6 is 0 Å². The molecule has 1 heterocycles. The van der Waals surface area contributed by atoms with Gasteiger partial charge < -0.3 is 4.74 Å². The summed E-state index contributed by atoms with van der Waals surface area (Å²) in [6.07, 6.45) is 2.48. The summed E-state index contributed by atoms with van der Waals surface area (Å²) >= 11 is 0. The summed E-state index contributed by atoms with van der Waals surface area (Å²) in [5.41, 5.74) is 1.93. The number of rotatable bonds is 6. The van der Waals surface area contributed by atoms with Crippen LogP contribution in [0.15, 0.2) is 18.2 Å². The summed E-state index contributed by atoms with van der Waals surface area (Å²) in [6, 6.07) is 6.03. The molecule has 21 heavy (non-hydrogen) atoms. The molecule has 3 nitrogen and oxygen atoms in total. The lowest BCUT2D eigenvalue weighted by molar-refractivity contribution is 0.0939. The van der Waals surface area contributed by atoms with Gasteiger partial charge in [0.15, 0.2) is 5.78 Å². The summed E-state index contributed by atoms with van der Waals surface area (Å²) in [7, 11) is 0. The van der Waals surface area contributed by atoms with E-state index in [-0.39, 0.29) is 11.9 Å². The van der Waals surface area contributed by atoms with Gasteiger partial charge >= 0.3 is 0 Å². The Morgan fingerprint density at radius 1 is 1.19 bits per heavy atom. The van der Waals surface area contributed by atoms with Crippen molar-refractivity contribution in [3.8, 4) is 5.75 Å². The second-order valence-corrected chi connectivity index (χ2v) is 6.48. The molecule has 0 radical (unpaired) electrons. The van der Waals surface area contributed by atoms with Crippen molar-refractivity contribution in [2.24, 2.45) is 0 Å². The third-order valence-electron chi connectivity index (χ3n) is 3.90. The lowest BCUT2D eigenvalue weighted by Gasteiger charge is -2.18. The van der Waals surface area contributed by atoms with Crippen LogP contribution in [0.4, 0.5) is 0 Å². The Morgan fingerprint density at radius 2 is 1.86 bits per heavy atom. The highest BCUT2D eigenvalue weighted by atomic mass is 16.5. The molecule has 0 aliphatic carbocycles. The number of ketones is 1. The van der Waals surface area contributed by atoms with E-state index >= 15 is 0 Å². The molecule has 0 spiro atoms. The fourth-order valence-electron chi connectivity index (χ4n) is 2.71. The van der Waals surface area contributed by atoms with Crippen LogP contribution in [-0.2, 0) is 0 Å². The molecule has 0 aromatic heterocycles. The van der Waals surface area contributed by atoms with Crippen molar-refractivity contribution in [3.63, 3.8) is 0 Å². The fourth-order valence-corrected chi connectivity index (χ4v) is 2.71. The number of ether oxygens (including phenoxy) is 1. The summed E-state index contributed by atoms with van der Waals surface area (Å²) in [5.74, 6) is 1.31. The van der Waals surface area contributed by atoms with Crippen LogP contribution in [-0.4, -0.2) is 36.4 Å². The van der Waals surface area contributed by atoms with Crippen molar-refractivity contribution >= 4 is 5.78 Å². The number of Topliss-reactive ketones (excluding diaryl/α,β-unsaturated/α-hetero) is 1. The smallest absolute Gasteiger partial charge is 0.180 e. The van der Waals surface area contributed by atoms with Crippen LogP contribution in [0.5, 0.6) is 5.75 Å². The summed E-state index contributed by atoms with van der Waals surface area (Å²) in [4.78, 5) is 14.9. The molecule has 0 unspecified atom stereocenters. The predicted molar refractivity (Wildman–Crippen MR) is 86.3 cm³/mol. The molecule has 0 N–H and O–H groups in total. The number of hydrogen-bond acceptors (Lipinski definition) is 3. The Balaban J connectivity index is 2.23. The van der Waals surface area contributed by atoms with Crippen molar-refractivity contribution in [1.82, 2.24) is 4.90 Å². The zero-order chi connectivity index (χ0) is 15.4. The van der Waals surface area contributed by atoms with E-state index in [1.54, 1.807) is 0 Å². The number of hydrogen-bond donors (Lipinski definition) is 0. The lowest BCUT2D eigenvalue weighted by Crippen LogP contribution is -2.27. The maximum absolute atomic E-state index is 12.7. The van der Waals surface area contributed by atoms with Crippen LogP contribution in [0.25, 0.3) is 0 Å². The van der Waals surface area contributed by atoms with Crippen LogP contribution < -0.4 is 4.74 Å². The first-order valence-electron chi connectivity index (χ1n) is 8.03. The molecule has 0 amide bonds. The monoisotopic (exact) mass is 289 g/mol. The fraction of sp³-hybridized carbons (Fsp3) is 0.611. The standard InChI is InChI=1S/C18H27NO2/c1-13(2)15-7-8-18(21-14(3)4)16(11-15)17(20)12-19-9-5-6-10-19/h7-8,11,13-14H,5-6,9-10,12H2,1-4H3. The topological polar surface area (TPSA) is 29.5 Å². The molecule has 116 valence electrons. The van der Waals surface area contributed by atoms with Gasteiger partial charge in [0.2, 0.25) is 0 Å². The SMILES string of the molecule is CC(C)Oc1ccc(C(C)C)cc1C(=O)CN1CCCC1. The van der Waals surface area contributed by atoms with Crippen molar-refractivity contribution in [1.29, 1.82) is 0 Å². The molecular formula is C18H27NO2. The van der Waals surface area contributed by atoms with Crippen molar-refractivity contribution < 1.29 is 9.53 Å². The Kier molecular flexibility index (Phi) is 5.40.